The number of unbranched alkanes of at least 4 members (excludes halogenated alkanes) is 6. The van der Waals surface area contributed by atoms with Crippen molar-refractivity contribution in [3.63, 3.8) is 0 Å². The predicted molar refractivity (Wildman–Crippen MR) is 78.7 cm³/mol. The zero-order valence-electron chi connectivity index (χ0n) is 12.6. The maximum Gasteiger partial charge on any atom is 0.220 e. The van der Waals surface area contributed by atoms with Crippen molar-refractivity contribution in [1.29, 1.82) is 0 Å². The highest BCUT2D eigenvalue weighted by Crippen LogP contribution is 2.08. The van der Waals surface area contributed by atoms with Crippen LogP contribution in [0.25, 0.3) is 0 Å². The summed E-state index contributed by atoms with van der Waals surface area (Å²) in [6.45, 7) is 6.12. The molecule has 0 heterocycles. The summed E-state index contributed by atoms with van der Waals surface area (Å²) in [5, 5.41) is 6.12. The number of carbonyl (C=O) groups is 1. The van der Waals surface area contributed by atoms with Crippen LogP contribution in [0.5, 0.6) is 0 Å². The second kappa shape index (κ2) is 12.9. The van der Waals surface area contributed by atoms with Gasteiger partial charge in [0.1, 0.15) is 0 Å². The Morgan fingerprint density at radius 2 is 1.61 bits per heavy atom. The largest absolute Gasteiger partial charge is 0.356 e. The average molecular weight is 256 g/mol. The van der Waals surface area contributed by atoms with Crippen LogP contribution in [0.2, 0.25) is 0 Å². The summed E-state index contributed by atoms with van der Waals surface area (Å²) < 4.78 is 0. The molecule has 0 aromatic rings. The molecule has 0 aliphatic rings. The maximum atomic E-state index is 11.6. The van der Waals surface area contributed by atoms with E-state index in [1.807, 2.05) is 7.05 Å². The second-order valence-corrected chi connectivity index (χ2v) is 5.34. The first-order chi connectivity index (χ1) is 8.70. The van der Waals surface area contributed by atoms with Crippen molar-refractivity contribution >= 4 is 5.91 Å². The van der Waals surface area contributed by atoms with Crippen LogP contribution in [-0.4, -0.2) is 26.0 Å². The molecule has 1 atom stereocenters. The van der Waals surface area contributed by atoms with Crippen molar-refractivity contribution in [3.8, 4) is 0 Å². The van der Waals surface area contributed by atoms with Crippen LogP contribution >= 0.6 is 0 Å². The van der Waals surface area contributed by atoms with E-state index in [-0.39, 0.29) is 5.91 Å². The van der Waals surface area contributed by atoms with Crippen molar-refractivity contribution in [2.75, 3.05) is 20.1 Å². The van der Waals surface area contributed by atoms with Gasteiger partial charge < -0.3 is 10.6 Å². The molecular weight excluding hydrogens is 224 g/mol. The molecule has 108 valence electrons. The van der Waals surface area contributed by atoms with E-state index in [4.69, 9.17) is 0 Å². The number of nitrogens with one attached hydrogen (secondary N) is 2. The lowest BCUT2D eigenvalue weighted by atomic mass is 10.1. The molecule has 0 aromatic heterocycles. The highest BCUT2D eigenvalue weighted by molar-refractivity contribution is 5.75. The smallest absolute Gasteiger partial charge is 0.220 e. The van der Waals surface area contributed by atoms with Gasteiger partial charge in [-0.25, -0.2) is 0 Å². The summed E-state index contributed by atoms with van der Waals surface area (Å²) in [4.78, 5) is 11.6. The van der Waals surface area contributed by atoms with Crippen LogP contribution in [0.1, 0.15) is 65.2 Å². The van der Waals surface area contributed by atoms with Gasteiger partial charge in [-0.05, 0) is 25.9 Å². The molecule has 0 radical (unpaired) electrons. The Bertz CT molecular complexity index is 195. The Balaban J connectivity index is 3.26. The summed E-state index contributed by atoms with van der Waals surface area (Å²) in [6, 6.07) is 0. The predicted octanol–water partition coefficient (Wildman–Crippen LogP) is 3.10. The van der Waals surface area contributed by atoms with Gasteiger partial charge >= 0.3 is 0 Å². The summed E-state index contributed by atoms with van der Waals surface area (Å²) in [5.41, 5.74) is 0. The van der Waals surface area contributed by atoms with E-state index in [2.05, 4.69) is 24.5 Å². The van der Waals surface area contributed by atoms with Gasteiger partial charge in [0.05, 0.1) is 0 Å². The Morgan fingerprint density at radius 3 is 2.22 bits per heavy atom. The van der Waals surface area contributed by atoms with Gasteiger partial charge in [0, 0.05) is 13.0 Å². The minimum Gasteiger partial charge on any atom is -0.356 e. The van der Waals surface area contributed by atoms with Crippen molar-refractivity contribution in [2.45, 2.75) is 65.2 Å². The Hall–Kier alpha value is -0.570. The third-order valence-corrected chi connectivity index (χ3v) is 3.21. The van der Waals surface area contributed by atoms with Gasteiger partial charge in [0.15, 0.2) is 0 Å². The normalized spacial score (nSPS) is 12.4. The zero-order valence-corrected chi connectivity index (χ0v) is 12.6. The van der Waals surface area contributed by atoms with Gasteiger partial charge in [-0.2, -0.15) is 0 Å². The minimum absolute atomic E-state index is 0.214. The van der Waals surface area contributed by atoms with Crippen molar-refractivity contribution < 1.29 is 4.79 Å². The molecule has 1 unspecified atom stereocenters. The molecule has 0 aliphatic carbocycles. The fraction of sp³-hybridized carbons (Fsp3) is 0.933. The fourth-order valence-corrected chi connectivity index (χ4v) is 2.04. The molecule has 1 amide bonds. The molecule has 3 heteroatoms. The van der Waals surface area contributed by atoms with Crippen molar-refractivity contribution in [1.82, 2.24) is 10.6 Å². The molecule has 3 nitrogen and oxygen atoms in total. The van der Waals surface area contributed by atoms with Crippen LogP contribution in [0.15, 0.2) is 0 Å². The monoisotopic (exact) mass is 256 g/mol. The maximum absolute atomic E-state index is 11.6. The highest BCUT2D eigenvalue weighted by atomic mass is 16.1. The van der Waals surface area contributed by atoms with E-state index in [1.165, 1.54) is 38.5 Å². The SMILES string of the molecule is CCCCCCCCCC(=O)NCC(C)CNC. The van der Waals surface area contributed by atoms with Crippen molar-refractivity contribution in [3.05, 3.63) is 0 Å². The minimum atomic E-state index is 0.214. The van der Waals surface area contributed by atoms with E-state index in [0.717, 1.165) is 19.5 Å². The van der Waals surface area contributed by atoms with Crippen LogP contribution < -0.4 is 10.6 Å². The molecule has 18 heavy (non-hydrogen) atoms. The Labute approximate surface area is 113 Å². The molecule has 0 aliphatic heterocycles. The van der Waals surface area contributed by atoms with E-state index in [0.29, 0.717) is 12.3 Å². The van der Waals surface area contributed by atoms with Crippen LogP contribution in [0.3, 0.4) is 0 Å². The fourth-order valence-electron chi connectivity index (χ4n) is 2.04. The molecular formula is C15H32N2O. The molecule has 0 saturated carbocycles. The quantitative estimate of drug-likeness (QED) is 0.527. The van der Waals surface area contributed by atoms with Gasteiger partial charge in [0.2, 0.25) is 5.91 Å². The molecule has 0 bridgehead atoms. The zero-order chi connectivity index (χ0) is 13.6. The van der Waals surface area contributed by atoms with Crippen LogP contribution in [0, 0.1) is 5.92 Å². The van der Waals surface area contributed by atoms with Crippen LogP contribution in [-0.2, 0) is 4.79 Å². The summed E-state index contributed by atoms with van der Waals surface area (Å²) in [7, 11) is 1.94. The van der Waals surface area contributed by atoms with E-state index in [1.54, 1.807) is 0 Å². The van der Waals surface area contributed by atoms with Gasteiger partial charge in [-0.15, -0.1) is 0 Å². The van der Waals surface area contributed by atoms with E-state index < -0.39 is 0 Å². The number of amides is 1. The molecule has 0 rings (SSSR count). The lowest BCUT2D eigenvalue weighted by Crippen LogP contribution is -2.32. The molecule has 2 N–H and O–H groups in total. The number of hydrogen-bond acceptors (Lipinski definition) is 2. The summed E-state index contributed by atoms with van der Waals surface area (Å²) >= 11 is 0. The third kappa shape index (κ3) is 11.9. The van der Waals surface area contributed by atoms with E-state index in [9.17, 15) is 4.79 Å². The first-order valence-corrected chi connectivity index (χ1v) is 7.62. The Morgan fingerprint density at radius 1 is 1.00 bits per heavy atom. The number of carbonyl (C=O) groups excluding carboxylic acids is 1. The van der Waals surface area contributed by atoms with Crippen molar-refractivity contribution in [2.24, 2.45) is 5.92 Å². The first kappa shape index (κ1) is 17.4. The topological polar surface area (TPSA) is 41.1 Å². The molecule has 0 spiro atoms. The lowest BCUT2D eigenvalue weighted by molar-refractivity contribution is -0.121. The second-order valence-electron chi connectivity index (χ2n) is 5.34. The first-order valence-electron chi connectivity index (χ1n) is 7.62. The third-order valence-electron chi connectivity index (χ3n) is 3.21. The van der Waals surface area contributed by atoms with Crippen LogP contribution in [0.4, 0.5) is 0 Å². The van der Waals surface area contributed by atoms with Gasteiger partial charge in [-0.3, -0.25) is 4.79 Å². The average Bonchev–Trinajstić information content (AvgIpc) is 2.35. The van der Waals surface area contributed by atoms with Gasteiger partial charge in [-0.1, -0.05) is 52.4 Å². The number of rotatable bonds is 12. The highest BCUT2D eigenvalue weighted by Gasteiger charge is 2.04. The molecule has 0 fully saturated rings. The van der Waals surface area contributed by atoms with Gasteiger partial charge in [0.25, 0.3) is 0 Å². The molecule has 0 saturated heterocycles. The lowest BCUT2D eigenvalue weighted by Gasteiger charge is -2.11. The van der Waals surface area contributed by atoms with E-state index >= 15 is 0 Å². The summed E-state index contributed by atoms with van der Waals surface area (Å²) in [6.07, 6.45) is 9.54. The Kier molecular flexibility index (Phi) is 12.5. The molecule has 0 aromatic carbocycles. The number of hydrogen-bond donors (Lipinski definition) is 2. The summed E-state index contributed by atoms with van der Waals surface area (Å²) in [5.74, 6) is 0.722. The standard InChI is InChI=1S/C15H32N2O/c1-4-5-6-7-8-9-10-11-15(18)17-13-14(2)12-16-3/h14,16H,4-13H2,1-3H3,(H,17,18).